The van der Waals surface area contributed by atoms with Crippen molar-refractivity contribution in [2.45, 2.75) is 329 Å². The molecule has 0 aromatic rings. The van der Waals surface area contributed by atoms with E-state index in [1.54, 1.807) is 0 Å². The monoisotopic (exact) mass is 1420 g/mol. The molecule has 0 radical (unpaired) electrons. The number of hydrogen-bond donors (Lipinski definition) is 3. The highest BCUT2D eigenvalue weighted by Crippen LogP contribution is 2.45. The molecule has 0 saturated heterocycles. The van der Waals surface area contributed by atoms with Crippen LogP contribution in [0.1, 0.15) is 310 Å². The molecule has 5 unspecified atom stereocenters. The minimum absolute atomic E-state index is 0.0337. The normalized spacial score (nSPS) is 14.6. The molecule has 98 heavy (non-hydrogen) atoms. The molecule has 0 spiro atoms. The number of ether oxygens (including phenoxy) is 4. The molecule has 0 saturated carbocycles. The fourth-order valence-corrected chi connectivity index (χ4v) is 11.5. The van der Waals surface area contributed by atoms with Crippen LogP contribution in [0.15, 0.2) is 109 Å². The number of allylic oxidation sites excluding steroid dienone is 18. The number of unbranched alkanes of at least 4 members (excludes halogenated alkanes) is 27. The van der Waals surface area contributed by atoms with E-state index < -0.39 is 97.5 Å². The van der Waals surface area contributed by atoms with E-state index in [1.807, 2.05) is 18.2 Å². The average molecular weight is 1420 g/mol. The van der Waals surface area contributed by atoms with Crippen LogP contribution in [0.25, 0.3) is 0 Å². The van der Waals surface area contributed by atoms with Gasteiger partial charge in [-0.1, -0.05) is 278 Å². The topological polar surface area (TPSA) is 237 Å². The number of aliphatic hydroxyl groups is 1. The van der Waals surface area contributed by atoms with Crippen molar-refractivity contribution in [3.05, 3.63) is 109 Å². The first kappa shape index (κ1) is 93.7. The van der Waals surface area contributed by atoms with Gasteiger partial charge in [-0.15, -0.1) is 0 Å². The zero-order chi connectivity index (χ0) is 71.8. The molecule has 0 heterocycles. The van der Waals surface area contributed by atoms with Gasteiger partial charge in [-0.05, 0) is 116 Å². The summed E-state index contributed by atoms with van der Waals surface area (Å²) in [6.45, 7) is 4.59. The Morgan fingerprint density at radius 1 is 0.296 bits per heavy atom. The largest absolute Gasteiger partial charge is 0.472 e. The molecule has 0 fully saturated rings. The first-order valence-electron chi connectivity index (χ1n) is 38.1. The molecule has 0 aliphatic rings. The fraction of sp³-hybridized carbons (Fsp3) is 0.722. The van der Waals surface area contributed by atoms with Gasteiger partial charge in [0.2, 0.25) is 0 Å². The molecule has 564 valence electrons. The summed E-state index contributed by atoms with van der Waals surface area (Å²) in [6, 6.07) is 0. The van der Waals surface area contributed by atoms with Gasteiger partial charge in [-0.25, -0.2) is 9.13 Å². The number of phosphoric ester groups is 2. The van der Waals surface area contributed by atoms with E-state index in [0.29, 0.717) is 32.1 Å². The minimum Gasteiger partial charge on any atom is -0.462 e. The van der Waals surface area contributed by atoms with E-state index in [1.165, 1.54) is 83.5 Å². The molecule has 0 bridgehead atoms. The second-order valence-corrected chi connectivity index (χ2v) is 28.1. The van der Waals surface area contributed by atoms with Crippen LogP contribution in [0.3, 0.4) is 0 Å². The highest BCUT2D eigenvalue weighted by molar-refractivity contribution is 7.47. The van der Waals surface area contributed by atoms with Crippen molar-refractivity contribution >= 4 is 39.5 Å². The summed E-state index contributed by atoms with van der Waals surface area (Å²) in [5, 5.41) is 10.6. The lowest BCUT2D eigenvalue weighted by atomic mass is 10.0. The third kappa shape index (κ3) is 70.2. The van der Waals surface area contributed by atoms with Gasteiger partial charge < -0.3 is 33.8 Å². The van der Waals surface area contributed by atoms with E-state index in [9.17, 15) is 43.2 Å². The van der Waals surface area contributed by atoms with Crippen molar-refractivity contribution in [3.8, 4) is 0 Å². The predicted octanol–water partition coefficient (Wildman–Crippen LogP) is 21.8. The average Bonchev–Trinajstić information content (AvgIpc) is 1.00. The van der Waals surface area contributed by atoms with Crippen molar-refractivity contribution in [1.29, 1.82) is 0 Å². The van der Waals surface area contributed by atoms with Crippen molar-refractivity contribution in [1.82, 2.24) is 0 Å². The van der Waals surface area contributed by atoms with Crippen molar-refractivity contribution in [2.75, 3.05) is 39.6 Å². The fourth-order valence-electron chi connectivity index (χ4n) is 9.90. The molecule has 17 nitrogen and oxygen atoms in total. The first-order chi connectivity index (χ1) is 47.7. The smallest absolute Gasteiger partial charge is 0.462 e. The lowest BCUT2D eigenvalue weighted by Crippen LogP contribution is -2.30. The second kappa shape index (κ2) is 71.1. The maximum atomic E-state index is 13.1. The Balaban J connectivity index is 5.37. The van der Waals surface area contributed by atoms with Crippen LogP contribution in [-0.2, 0) is 65.4 Å². The zero-order valence-electron chi connectivity index (χ0n) is 61.4. The van der Waals surface area contributed by atoms with E-state index in [4.69, 9.17) is 37.0 Å². The van der Waals surface area contributed by atoms with Crippen LogP contribution in [0.2, 0.25) is 0 Å². The third-order valence-electron chi connectivity index (χ3n) is 15.7. The zero-order valence-corrected chi connectivity index (χ0v) is 63.2. The van der Waals surface area contributed by atoms with E-state index >= 15 is 0 Å². The lowest BCUT2D eigenvalue weighted by molar-refractivity contribution is -0.161. The molecular formula is C79H136O17P2. The summed E-state index contributed by atoms with van der Waals surface area (Å²) in [5.74, 6) is -2.29. The minimum atomic E-state index is -4.99. The Morgan fingerprint density at radius 2 is 0.561 bits per heavy atom. The van der Waals surface area contributed by atoms with E-state index in [0.717, 1.165) is 141 Å². The number of hydrogen-bond acceptors (Lipinski definition) is 15. The van der Waals surface area contributed by atoms with E-state index in [-0.39, 0.29) is 25.7 Å². The van der Waals surface area contributed by atoms with Gasteiger partial charge in [-0.3, -0.25) is 37.3 Å². The number of aliphatic hydroxyl groups excluding tert-OH is 1. The maximum Gasteiger partial charge on any atom is 0.472 e. The van der Waals surface area contributed by atoms with Gasteiger partial charge in [-0.2, -0.15) is 0 Å². The van der Waals surface area contributed by atoms with Crippen LogP contribution in [0.5, 0.6) is 0 Å². The van der Waals surface area contributed by atoms with Crippen LogP contribution in [0, 0.1) is 0 Å². The quantitative estimate of drug-likeness (QED) is 0.0169. The molecule has 0 aromatic heterocycles. The Labute approximate surface area is 594 Å². The third-order valence-corrected chi connectivity index (χ3v) is 17.6. The predicted molar refractivity (Wildman–Crippen MR) is 399 cm³/mol. The van der Waals surface area contributed by atoms with Crippen molar-refractivity contribution < 1.29 is 80.2 Å². The lowest BCUT2D eigenvalue weighted by Gasteiger charge is -2.21. The molecule has 0 aliphatic carbocycles. The summed E-state index contributed by atoms with van der Waals surface area (Å²) >= 11 is 0. The number of esters is 4. The van der Waals surface area contributed by atoms with Gasteiger partial charge in [0, 0.05) is 25.7 Å². The van der Waals surface area contributed by atoms with Crippen LogP contribution < -0.4 is 0 Å². The van der Waals surface area contributed by atoms with E-state index in [2.05, 4.69) is 119 Å². The van der Waals surface area contributed by atoms with Gasteiger partial charge in [0.1, 0.15) is 19.3 Å². The van der Waals surface area contributed by atoms with Crippen LogP contribution >= 0.6 is 15.6 Å². The standard InChI is InChI=1S/C79H136O17P2/c1-5-9-13-17-21-25-29-32-34-35-36-37-39-42-45-48-52-56-60-64-77(82)89-69-74(95-78(83)65-61-57-53-49-43-28-24-20-16-12-8-4)71-93-97(85,86)91-67-73(80)68-92-98(87,88)94-72-75(96-79(84)66-62-58-54-50-46-40-31-27-23-19-15-11-7-3)70-90-76(81)63-59-55-51-47-44-41-38-33-30-26-22-18-14-10-6-2/h9,13,20-22,24-26,32-34,36-38,42,45,52,56,73-75,80H,5-8,10-12,14-19,23,27-31,35,39-41,43-44,46-51,53-55,57-72H2,1-4H3,(H,85,86)(H,87,88)/b13-9-,24-20-,25-21-,26-22-,34-32-,37-36-,38-33-,45-42-,56-52-. The molecule has 0 aromatic carbocycles. The number of carbonyl (C=O) groups is 4. The van der Waals surface area contributed by atoms with Gasteiger partial charge in [0.05, 0.1) is 26.4 Å². The Hall–Kier alpha value is -4.28. The van der Waals surface area contributed by atoms with Crippen LogP contribution in [-0.4, -0.2) is 96.7 Å². The maximum absolute atomic E-state index is 13.1. The summed E-state index contributed by atoms with van der Waals surface area (Å²) < 4.78 is 68.3. The molecule has 0 amide bonds. The highest BCUT2D eigenvalue weighted by atomic mass is 31.2. The van der Waals surface area contributed by atoms with Crippen molar-refractivity contribution in [3.63, 3.8) is 0 Å². The molecule has 5 atom stereocenters. The Kier molecular flexibility index (Phi) is 68.0. The molecule has 3 N–H and O–H groups in total. The van der Waals surface area contributed by atoms with Gasteiger partial charge in [0.15, 0.2) is 12.2 Å². The molecule has 0 rings (SSSR count). The number of phosphoric acid groups is 2. The summed E-state index contributed by atoms with van der Waals surface area (Å²) in [5.41, 5.74) is 0. The van der Waals surface area contributed by atoms with Crippen LogP contribution in [0.4, 0.5) is 0 Å². The number of rotatable bonds is 71. The molecular weight excluding hydrogens is 1280 g/mol. The summed E-state index contributed by atoms with van der Waals surface area (Å²) in [6.07, 6.45) is 75.3. The Bertz CT molecular complexity index is 2290. The highest BCUT2D eigenvalue weighted by Gasteiger charge is 2.30. The van der Waals surface area contributed by atoms with Gasteiger partial charge >= 0.3 is 39.5 Å². The SMILES string of the molecule is CC/C=C\C/C=C\C/C=C\C/C=C\C/C=C\C/C=C\CCC(=O)OCC(COP(=O)(O)OCC(O)COP(=O)(O)OCC(COC(=O)CCCCCCC/C=C\C/C=C\CCCCC)OC(=O)CCCCCCCCCCCCCCC)OC(=O)CCCCCCC/C=C\CCCC. The molecule has 0 aliphatic heterocycles. The first-order valence-corrected chi connectivity index (χ1v) is 41.1. The number of carbonyl (C=O) groups excluding carboxylic acids is 4. The van der Waals surface area contributed by atoms with Crippen molar-refractivity contribution in [2.24, 2.45) is 0 Å². The summed E-state index contributed by atoms with van der Waals surface area (Å²) in [7, 11) is -9.97. The Morgan fingerprint density at radius 3 is 0.939 bits per heavy atom. The second-order valence-electron chi connectivity index (χ2n) is 25.2. The van der Waals surface area contributed by atoms with Gasteiger partial charge in [0.25, 0.3) is 0 Å². The molecule has 19 heteroatoms. The summed E-state index contributed by atoms with van der Waals surface area (Å²) in [4.78, 5) is 72.7.